The van der Waals surface area contributed by atoms with Crippen LogP contribution < -0.4 is 11.5 Å². The summed E-state index contributed by atoms with van der Waals surface area (Å²) in [6.07, 6.45) is -0.199. The molecule has 0 aliphatic rings. The van der Waals surface area contributed by atoms with E-state index < -0.39 is 52.7 Å². The predicted octanol–water partition coefficient (Wildman–Crippen LogP) is 0.0257. The average molecular weight is 387 g/mol. The molecular formula is C18H33N3O6. The molecule has 0 aromatic rings. The van der Waals surface area contributed by atoms with Crippen LogP contribution in [0.25, 0.3) is 0 Å². The summed E-state index contributed by atoms with van der Waals surface area (Å²) in [5, 5.41) is 21.0. The molecule has 6 N–H and O–H groups in total. The minimum atomic E-state index is -2.83. The van der Waals surface area contributed by atoms with E-state index in [-0.39, 0.29) is 19.3 Å². The number of nitrogens with zero attached hydrogens (tertiary/aromatic N) is 1. The van der Waals surface area contributed by atoms with Crippen LogP contribution in [-0.2, 0) is 19.2 Å². The Hall–Kier alpha value is -1.84. The first-order valence-electron chi connectivity index (χ1n) is 9.12. The van der Waals surface area contributed by atoms with Crippen LogP contribution in [-0.4, -0.2) is 61.9 Å². The van der Waals surface area contributed by atoms with Gasteiger partial charge in [-0.15, -0.1) is 0 Å². The minimum Gasteiger partial charge on any atom is -0.479 e. The normalized spacial score (nSPS) is 18.1. The fourth-order valence-corrected chi connectivity index (χ4v) is 2.85. The van der Waals surface area contributed by atoms with E-state index in [1.54, 1.807) is 20.8 Å². The van der Waals surface area contributed by atoms with Crippen molar-refractivity contribution in [2.75, 3.05) is 0 Å². The summed E-state index contributed by atoms with van der Waals surface area (Å²) in [5.74, 6) is -5.35. The lowest BCUT2D eigenvalue weighted by atomic mass is 9.72. The zero-order valence-corrected chi connectivity index (χ0v) is 17.0. The largest absolute Gasteiger partial charge is 0.479 e. The van der Waals surface area contributed by atoms with Crippen molar-refractivity contribution in [3.8, 4) is 0 Å². The Kier molecular flexibility index (Phi) is 8.75. The number of carbonyl (C=O) groups excluding carboxylic acids is 3. The molecule has 0 radical (unpaired) electrons. The van der Waals surface area contributed by atoms with Crippen LogP contribution in [0, 0.1) is 5.92 Å². The summed E-state index contributed by atoms with van der Waals surface area (Å²) in [6, 6.07) is -2.54. The maximum Gasteiger partial charge on any atom is 0.341 e. The molecule has 0 aliphatic carbocycles. The van der Waals surface area contributed by atoms with E-state index in [1.165, 1.54) is 13.8 Å². The molecule has 0 fully saturated rings. The molecule has 0 saturated heterocycles. The summed E-state index contributed by atoms with van der Waals surface area (Å²) in [4.78, 5) is 51.6. The molecule has 0 aromatic heterocycles. The van der Waals surface area contributed by atoms with E-state index in [2.05, 4.69) is 0 Å². The lowest BCUT2D eigenvalue weighted by Gasteiger charge is -2.47. The summed E-state index contributed by atoms with van der Waals surface area (Å²) >= 11 is 0. The molecule has 0 bridgehead atoms. The summed E-state index contributed by atoms with van der Waals surface area (Å²) in [7, 11) is 0. The molecule has 0 aromatic carbocycles. The average Bonchev–Trinajstić information content (AvgIpc) is 2.56. The number of Topliss-reactive ketones (excluding diaryl/α,β-unsaturated/α-hetero) is 1. The maximum atomic E-state index is 13.1. The van der Waals surface area contributed by atoms with Crippen molar-refractivity contribution in [1.82, 2.24) is 4.90 Å². The Morgan fingerprint density at radius 2 is 1.52 bits per heavy atom. The van der Waals surface area contributed by atoms with Crippen LogP contribution in [0.1, 0.15) is 60.8 Å². The second-order valence-electron chi connectivity index (χ2n) is 7.39. The van der Waals surface area contributed by atoms with Crippen molar-refractivity contribution in [3.05, 3.63) is 0 Å². The van der Waals surface area contributed by atoms with E-state index in [9.17, 15) is 29.4 Å². The second kappa shape index (κ2) is 9.38. The maximum absolute atomic E-state index is 13.1. The van der Waals surface area contributed by atoms with Gasteiger partial charge in [-0.2, -0.15) is 0 Å². The lowest BCUT2D eigenvalue weighted by Crippen LogP contribution is -2.76. The molecule has 0 saturated carbocycles. The number of carboxylic acid groups (broad SMARTS) is 1. The fraction of sp³-hybridized carbons (Fsp3) is 0.778. The number of aliphatic carboxylic acids is 1. The van der Waals surface area contributed by atoms with Gasteiger partial charge in [0.2, 0.25) is 17.4 Å². The quantitative estimate of drug-likeness (QED) is 0.381. The first-order valence-corrected chi connectivity index (χ1v) is 9.12. The number of aliphatic hydroxyl groups is 1. The molecule has 156 valence electrons. The first-order chi connectivity index (χ1) is 12.2. The Balaban J connectivity index is 7.05. The Morgan fingerprint density at radius 1 is 1.04 bits per heavy atom. The standard InChI is InChI=1S/C18H33N3O6/c1-7-9-12(22)18(16(25)26,17(6,27)8-2)21(14(23)11(5)19)15(24)13(20)10(3)4/h10-11,13,27H,7-9,19-20H2,1-6H3,(H,25,26). The van der Waals surface area contributed by atoms with Gasteiger partial charge in [-0.25, -0.2) is 4.79 Å². The van der Waals surface area contributed by atoms with Crippen LogP contribution in [0.5, 0.6) is 0 Å². The van der Waals surface area contributed by atoms with Crippen LogP contribution in [0.3, 0.4) is 0 Å². The minimum absolute atomic E-state index is 0.207. The van der Waals surface area contributed by atoms with Crippen LogP contribution in [0.15, 0.2) is 0 Å². The first kappa shape index (κ1) is 25.2. The van der Waals surface area contributed by atoms with Gasteiger partial charge in [-0.1, -0.05) is 27.7 Å². The van der Waals surface area contributed by atoms with Crippen molar-refractivity contribution in [1.29, 1.82) is 0 Å². The smallest absolute Gasteiger partial charge is 0.341 e. The Bertz CT molecular complexity index is 588. The number of hydrogen-bond donors (Lipinski definition) is 4. The highest BCUT2D eigenvalue weighted by atomic mass is 16.4. The molecule has 27 heavy (non-hydrogen) atoms. The number of hydrogen-bond acceptors (Lipinski definition) is 7. The van der Waals surface area contributed by atoms with E-state index in [4.69, 9.17) is 11.5 Å². The number of carboxylic acids is 1. The van der Waals surface area contributed by atoms with Crippen LogP contribution in [0.4, 0.5) is 0 Å². The highest BCUT2D eigenvalue weighted by molar-refractivity contribution is 6.17. The van der Waals surface area contributed by atoms with E-state index in [0.29, 0.717) is 4.90 Å². The highest BCUT2D eigenvalue weighted by Crippen LogP contribution is 2.36. The highest BCUT2D eigenvalue weighted by Gasteiger charge is 2.65. The lowest BCUT2D eigenvalue weighted by molar-refractivity contribution is -0.190. The molecule has 4 unspecified atom stereocenters. The molecule has 0 heterocycles. The van der Waals surface area contributed by atoms with Crippen LogP contribution >= 0.6 is 0 Å². The number of nitrogens with two attached hydrogens (primary N) is 2. The van der Waals surface area contributed by atoms with Crippen molar-refractivity contribution in [2.24, 2.45) is 17.4 Å². The van der Waals surface area contributed by atoms with E-state index >= 15 is 0 Å². The number of imide groups is 1. The van der Waals surface area contributed by atoms with Gasteiger partial charge in [0.15, 0.2) is 5.78 Å². The third-order valence-corrected chi connectivity index (χ3v) is 4.83. The van der Waals surface area contributed by atoms with E-state index in [1.807, 2.05) is 0 Å². The zero-order valence-electron chi connectivity index (χ0n) is 17.0. The van der Waals surface area contributed by atoms with Gasteiger partial charge in [-0.05, 0) is 32.6 Å². The second-order valence-corrected chi connectivity index (χ2v) is 7.39. The number of ketones is 1. The number of rotatable bonds is 10. The molecule has 0 spiro atoms. The predicted molar refractivity (Wildman–Crippen MR) is 99.5 cm³/mol. The molecule has 4 atom stereocenters. The van der Waals surface area contributed by atoms with Crippen molar-refractivity contribution in [3.63, 3.8) is 0 Å². The molecule has 0 rings (SSSR count). The monoisotopic (exact) mass is 387 g/mol. The summed E-state index contributed by atoms with van der Waals surface area (Å²) < 4.78 is 0. The van der Waals surface area contributed by atoms with Gasteiger partial charge in [0.05, 0.1) is 12.1 Å². The van der Waals surface area contributed by atoms with Gasteiger partial charge in [0.25, 0.3) is 0 Å². The number of carbonyl (C=O) groups is 4. The molecular weight excluding hydrogens is 354 g/mol. The summed E-state index contributed by atoms with van der Waals surface area (Å²) in [6.45, 7) is 8.71. The molecule has 9 heteroatoms. The molecule has 0 aliphatic heterocycles. The van der Waals surface area contributed by atoms with Gasteiger partial charge < -0.3 is 21.7 Å². The Labute approximate surface area is 160 Å². The van der Waals surface area contributed by atoms with Gasteiger partial charge in [0, 0.05) is 6.42 Å². The SMILES string of the molecule is CCCC(=O)C(C(=O)O)(N(C(=O)C(C)N)C(=O)C(N)C(C)C)C(C)(O)CC. The van der Waals surface area contributed by atoms with Crippen molar-refractivity contribution >= 4 is 23.6 Å². The van der Waals surface area contributed by atoms with Crippen molar-refractivity contribution in [2.45, 2.75) is 84.0 Å². The number of amides is 2. The molecule has 2 amide bonds. The van der Waals surface area contributed by atoms with Crippen LogP contribution in [0.2, 0.25) is 0 Å². The third-order valence-electron chi connectivity index (χ3n) is 4.83. The zero-order chi connectivity index (χ0) is 21.7. The van der Waals surface area contributed by atoms with Gasteiger partial charge in [-0.3, -0.25) is 19.3 Å². The summed E-state index contributed by atoms with van der Waals surface area (Å²) in [5.41, 5.74) is 6.46. The van der Waals surface area contributed by atoms with Gasteiger partial charge >= 0.3 is 5.97 Å². The molecule has 9 nitrogen and oxygen atoms in total. The Morgan fingerprint density at radius 3 is 1.81 bits per heavy atom. The van der Waals surface area contributed by atoms with Gasteiger partial charge in [0.1, 0.15) is 5.60 Å². The van der Waals surface area contributed by atoms with E-state index in [0.717, 1.165) is 6.92 Å². The third kappa shape index (κ3) is 4.53. The van der Waals surface area contributed by atoms with Crippen molar-refractivity contribution < 1.29 is 29.4 Å². The topological polar surface area (TPSA) is 164 Å². The fourth-order valence-electron chi connectivity index (χ4n) is 2.85.